The molecule has 3 nitrogen and oxygen atoms in total. The standard InChI is InChI=1S/C17H27NO2/c1-6-13(2)17(5,20)12-18-15(19)16(3,4)14-10-8-7-9-11-14/h7-11,13,20H,6,12H2,1-5H3,(H,18,19). The van der Waals surface area contributed by atoms with Crippen LogP contribution in [0.15, 0.2) is 30.3 Å². The van der Waals surface area contributed by atoms with Gasteiger partial charge in [0.1, 0.15) is 0 Å². The lowest BCUT2D eigenvalue weighted by Crippen LogP contribution is -2.49. The Balaban J connectivity index is 2.72. The first-order valence-electron chi connectivity index (χ1n) is 7.28. The minimum Gasteiger partial charge on any atom is -0.388 e. The summed E-state index contributed by atoms with van der Waals surface area (Å²) in [6.45, 7) is 9.88. The molecule has 2 unspecified atom stereocenters. The molecule has 0 heterocycles. The molecule has 0 fully saturated rings. The third kappa shape index (κ3) is 3.83. The van der Waals surface area contributed by atoms with Gasteiger partial charge >= 0.3 is 0 Å². The van der Waals surface area contributed by atoms with Gasteiger partial charge in [-0.1, -0.05) is 50.6 Å². The van der Waals surface area contributed by atoms with Crippen molar-refractivity contribution in [3.8, 4) is 0 Å². The van der Waals surface area contributed by atoms with Crippen LogP contribution in [0, 0.1) is 5.92 Å². The number of rotatable bonds is 6. The third-order valence-corrected chi connectivity index (χ3v) is 4.34. The Morgan fingerprint density at radius 1 is 1.25 bits per heavy atom. The summed E-state index contributed by atoms with van der Waals surface area (Å²) < 4.78 is 0. The van der Waals surface area contributed by atoms with E-state index in [1.165, 1.54) is 0 Å². The molecule has 1 rings (SSSR count). The lowest BCUT2D eigenvalue weighted by atomic mass is 9.83. The van der Waals surface area contributed by atoms with E-state index in [2.05, 4.69) is 5.32 Å². The van der Waals surface area contributed by atoms with E-state index in [-0.39, 0.29) is 18.4 Å². The van der Waals surface area contributed by atoms with Crippen molar-refractivity contribution < 1.29 is 9.90 Å². The van der Waals surface area contributed by atoms with Gasteiger partial charge in [0.2, 0.25) is 5.91 Å². The van der Waals surface area contributed by atoms with Crippen molar-refractivity contribution in [1.82, 2.24) is 5.32 Å². The minimum absolute atomic E-state index is 0.0627. The van der Waals surface area contributed by atoms with Crippen LogP contribution in [0.5, 0.6) is 0 Å². The van der Waals surface area contributed by atoms with Crippen molar-refractivity contribution in [2.24, 2.45) is 5.92 Å². The number of carbonyl (C=O) groups excluding carboxylic acids is 1. The van der Waals surface area contributed by atoms with E-state index in [9.17, 15) is 9.90 Å². The minimum atomic E-state index is -0.878. The first-order valence-corrected chi connectivity index (χ1v) is 7.28. The third-order valence-electron chi connectivity index (χ3n) is 4.34. The average molecular weight is 277 g/mol. The summed E-state index contributed by atoms with van der Waals surface area (Å²) in [6.07, 6.45) is 0.880. The van der Waals surface area contributed by atoms with E-state index in [0.717, 1.165) is 12.0 Å². The first kappa shape index (κ1) is 16.7. The van der Waals surface area contributed by atoms with E-state index in [1.807, 2.05) is 58.0 Å². The SMILES string of the molecule is CCC(C)C(C)(O)CNC(=O)C(C)(C)c1ccccc1. The fourth-order valence-corrected chi connectivity index (χ4v) is 2.08. The molecule has 0 aliphatic rings. The molecule has 0 saturated carbocycles. The largest absolute Gasteiger partial charge is 0.388 e. The highest BCUT2D eigenvalue weighted by molar-refractivity contribution is 5.87. The Labute approximate surface area is 122 Å². The summed E-state index contributed by atoms with van der Waals surface area (Å²) in [4.78, 5) is 12.4. The van der Waals surface area contributed by atoms with Crippen LogP contribution in [0.3, 0.4) is 0 Å². The Bertz CT molecular complexity index is 438. The molecule has 20 heavy (non-hydrogen) atoms. The van der Waals surface area contributed by atoms with Gasteiger partial charge in [-0.05, 0) is 32.3 Å². The number of hydrogen-bond donors (Lipinski definition) is 2. The van der Waals surface area contributed by atoms with Crippen molar-refractivity contribution in [2.45, 2.75) is 52.1 Å². The molecule has 0 spiro atoms. The van der Waals surface area contributed by atoms with Crippen molar-refractivity contribution in [3.05, 3.63) is 35.9 Å². The summed E-state index contributed by atoms with van der Waals surface area (Å²) in [7, 11) is 0. The Kier molecular flexibility index (Phi) is 5.35. The molecule has 0 aliphatic heterocycles. The second-order valence-corrected chi connectivity index (χ2v) is 6.34. The molecule has 1 amide bonds. The second kappa shape index (κ2) is 6.40. The highest BCUT2D eigenvalue weighted by Crippen LogP contribution is 2.24. The fraction of sp³-hybridized carbons (Fsp3) is 0.588. The number of nitrogens with one attached hydrogen (secondary N) is 1. The van der Waals surface area contributed by atoms with Gasteiger partial charge in [0.25, 0.3) is 0 Å². The van der Waals surface area contributed by atoms with Gasteiger partial charge in [-0.2, -0.15) is 0 Å². The van der Waals surface area contributed by atoms with Crippen LogP contribution in [-0.2, 0) is 10.2 Å². The van der Waals surface area contributed by atoms with E-state index in [4.69, 9.17) is 0 Å². The van der Waals surface area contributed by atoms with Crippen LogP contribution in [0.4, 0.5) is 0 Å². The van der Waals surface area contributed by atoms with Crippen molar-refractivity contribution in [3.63, 3.8) is 0 Å². The molecule has 2 atom stereocenters. The van der Waals surface area contributed by atoms with Crippen molar-refractivity contribution >= 4 is 5.91 Å². The number of benzene rings is 1. The topological polar surface area (TPSA) is 49.3 Å². The number of carbonyl (C=O) groups is 1. The molecule has 1 aromatic carbocycles. The summed E-state index contributed by atoms with van der Waals surface area (Å²) in [5.74, 6) is 0.0786. The average Bonchev–Trinajstić information content (AvgIpc) is 2.44. The maximum Gasteiger partial charge on any atom is 0.230 e. The normalized spacial score (nSPS) is 16.3. The lowest BCUT2D eigenvalue weighted by Gasteiger charge is -2.32. The quantitative estimate of drug-likeness (QED) is 0.840. The summed E-state index contributed by atoms with van der Waals surface area (Å²) >= 11 is 0. The van der Waals surface area contributed by atoms with Gasteiger partial charge in [0.15, 0.2) is 0 Å². The van der Waals surface area contributed by atoms with Gasteiger partial charge in [-0.3, -0.25) is 4.79 Å². The van der Waals surface area contributed by atoms with Gasteiger partial charge in [-0.25, -0.2) is 0 Å². The van der Waals surface area contributed by atoms with Crippen LogP contribution in [-0.4, -0.2) is 23.2 Å². The summed E-state index contributed by atoms with van der Waals surface area (Å²) in [6, 6.07) is 9.70. The molecular weight excluding hydrogens is 250 g/mol. The van der Waals surface area contributed by atoms with Crippen molar-refractivity contribution in [2.75, 3.05) is 6.54 Å². The maximum absolute atomic E-state index is 12.4. The number of amides is 1. The molecule has 0 radical (unpaired) electrons. The van der Waals surface area contributed by atoms with Gasteiger partial charge < -0.3 is 10.4 Å². The highest BCUT2D eigenvalue weighted by atomic mass is 16.3. The molecule has 112 valence electrons. The molecule has 2 N–H and O–H groups in total. The summed E-state index contributed by atoms with van der Waals surface area (Å²) in [5, 5.41) is 13.2. The fourth-order valence-electron chi connectivity index (χ4n) is 2.08. The second-order valence-electron chi connectivity index (χ2n) is 6.34. The molecule has 0 bridgehead atoms. The van der Waals surface area contributed by atoms with E-state index in [1.54, 1.807) is 6.92 Å². The van der Waals surface area contributed by atoms with Gasteiger partial charge in [0, 0.05) is 6.54 Å². The zero-order valence-electron chi connectivity index (χ0n) is 13.2. The van der Waals surface area contributed by atoms with Crippen LogP contribution in [0.1, 0.15) is 46.6 Å². The smallest absolute Gasteiger partial charge is 0.230 e. The molecular formula is C17H27NO2. The maximum atomic E-state index is 12.4. The zero-order chi connectivity index (χ0) is 15.4. The zero-order valence-corrected chi connectivity index (χ0v) is 13.2. The van der Waals surface area contributed by atoms with E-state index in [0.29, 0.717) is 0 Å². The lowest BCUT2D eigenvalue weighted by molar-refractivity contribution is -0.127. The predicted molar refractivity (Wildman–Crippen MR) is 82.6 cm³/mol. The predicted octanol–water partition coefficient (Wildman–Crippen LogP) is 2.88. The summed E-state index contributed by atoms with van der Waals surface area (Å²) in [5.41, 5.74) is -0.509. The highest BCUT2D eigenvalue weighted by Gasteiger charge is 2.33. The molecule has 0 aromatic heterocycles. The van der Waals surface area contributed by atoms with Gasteiger partial charge in [-0.15, -0.1) is 0 Å². The van der Waals surface area contributed by atoms with Crippen LogP contribution in [0.2, 0.25) is 0 Å². The Hall–Kier alpha value is -1.35. The molecule has 0 saturated heterocycles. The van der Waals surface area contributed by atoms with E-state index < -0.39 is 11.0 Å². The molecule has 3 heteroatoms. The number of hydrogen-bond acceptors (Lipinski definition) is 2. The number of aliphatic hydroxyl groups is 1. The van der Waals surface area contributed by atoms with Crippen LogP contribution >= 0.6 is 0 Å². The molecule has 0 aliphatic carbocycles. The van der Waals surface area contributed by atoms with Crippen LogP contribution in [0.25, 0.3) is 0 Å². The Morgan fingerprint density at radius 2 is 1.80 bits per heavy atom. The van der Waals surface area contributed by atoms with Crippen LogP contribution < -0.4 is 5.32 Å². The molecule has 1 aromatic rings. The van der Waals surface area contributed by atoms with Crippen molar-refractivity contribution in [1.29, 1.82) is 0 Å². The Morgan fingerprint density at radius 3 is 2.30 bits per heavy atom. The monoisotopic (exact) mass is 277 g/mol. The van der Waals surface area contributed by atoms with Gasteiger partial charge in [0.05, 0.1) is 11.0 Å². The van der Waals surface area contributed by atoms with E-state index >= 15 is 0 Å². The first-order chi connectivity index (χ1) is 9.21.